The van der Waals surface area contributed by atoms with Gasteiger partial charge in [-0.15, -0.1) is 26.3 Å². The minimum Gasteiger partial charge on any atom is -0.157 e. The van der Waals surface area contributed by atoms with E-state index in [0.717, 1.165) is 0 Å². The fourth-order valence-corrected chi connectivity index (χ4v) is 8.91. The lowest BCUT2D eigenvalue weighted by atomic mass is 11.2. The number of rotatable bonds is 5. The van der Waals surface area contributed by atoms with E-state index < -0.39 is 13.8 Å². The van der Waals surface area contributed by atoms with E-state index in [-0.39, 0.29) is 0 Å². The Labute approximate surface area is 85.1 Å². The molecule has 4 heteroatoms. The van der Waals surface area contributed by atoms with E-state index >= 15 is 0 Å². The summed E-state index contributed by atoms with van der Waals surface area (Å²) in [4.78, 5) is 0. The average molecular weight is 235 g/mol. The van der Waals surface area contributed by atoms with Crippen LogP contribution in [0.4, 0.5) is 0 Å². The molecule has 0 nitrogen and oxygen atoms in total. The molecule has 0 spiro atoms. The molecule has 0 aromatic heterocycles. The Balaban J connectivity index is 5.17. The summed E-state index contributed by atoms with van der Waals surface area (Å²) in [6.07, 6.45) is 0. The first-order chi connectivity index (χ1) is 5.49. The van der Waals surface area contributed by atoms with Gasteiger partial charge < -0.3 is 0 Å². The lowest BCUT2D eigenvalue weighted by molar-refractivity contribution is 2.23. The van der Waals surface area contributed by atoms with E-state index in [1.165, 1.54) is 0 Å². The van der Waals surface area contributed by atoms with E-state index in [4.69, 9.17) is 22.2 Å². The van der Waals surface area contributed by atoms with Crippen molar-refractivity contribution in [3.63, 3.8) is 0 Å². The highest BCUT2D eigenvalue weighted by Gasteiger charge is 2.46. The van der Waals surface area contributed by atoms with Gasteiger partial charge in [0.1, 0.15) is 0 Å². The zero-order valence-corrected chi connectivity index (χ0v) is 10.4. The van der Waals surface area contributed by atoms with Gasteiger partial charge in [-0.05, 0) is 0 Å². The van der Waals surface area contributed by atoms with E-state index in [0.29, 0.717) is 0 Å². The third-order valence-electron chi connectivity index (χ3n) is 1.78. The molecule has 0 aromatic carbocycles. The van der Waals surface area contributed by atoms with Crippen LogP contribution in [0.25, 0.3) is 0 Å². The molecule has 0 fully saturated rings. The lowest BCUT2D eigenvalue weighted by Crippen LogP contribution is -2.50. The van der Waals surface area contributed by atoms with Gasteiger partial charge in [0.15, 0.2) is 0 Å². The largest absolute Gasteiger partial charge is 0.217 e. The molecule has 0 atom stereocenters. The highest BCUT2D eigenvalue weighted by atomic mass is 35.6. The molecule has 0 aliphatic heterocycles. The summed E-state index contributed by atoms with van der Waals surface area (Å²) in [5.74, 6) is 0. The Bertz CT molecular complexity index is 183. The molecule has 0 saturated carbocycles. The molecule has 66 valence electrons. The van der Waals surface area contributed by atoms with Crippen molar-refractivity contribution in [3.8, 4) is 0 Å². The zero-order chi connectivity index (χ0) is 9.83. The monoisotopic (exact) mass is 234 g/mol. The SMILES string of the molecule is C=C[Si](Cl)(C=C)[Si](Cl)(C=C)C=C. The van der Waals surface area contributed by atoms with Crippen LogP contribution in [0.3, 0.4) is 0 Å². The molecular formula is C8H12Cl2Si2. The topological polar surface area (TPSA) is 0 Å². The molecule has 0 radical (unpaired) electrons. The van der Waals surface area contributed by atoms with Gasteiger partial charge in [0.25, 0.3) is 0 Å². The van der Waals surface area contributed by atoms with Crippen molar-refractivity contribution in [2.75, 3.05) is 0 Å². The van der Waals surface area contributed by atoms with Crippen molar-refractivity contribution in [2.45, 2.75) is 0 Å². The van der Waals surface area contributed by atoms with E-state index in [1.54, 1.807) is 22.8 Å². The lowest BCUT2D eigenvalue weighted by Gasteiger charge is -2.27. The van der Waals surface area contributed by atoms with Crippen LogP contribution in [-0.4, -0.2) is 13.8 Å². The van der Waals surface area contributed by atoms with Crippen molar-refractivity contribution in [2.24, 2.45) is 0 Å². The molecule has 0 aliphatic carbocycles. The standard InChI is InChI=1S/C8H12Cl2Si2/c1-5-11(9,6-2)12(10,7-3)8-4/h5-8H,1-4H2. The third-order valence-corrected chi connectivity index (χ3v) is 19.7. The molecule has 0 amide bonds. The summed E-state index contributed by atoms with van der Waals surface area (Å²) in [5.41, 5.74) is 6.85. The number of halogens is 2. The molecular weight excluding hydrogens is 223 g/mol. The van der Waals surface area contributed by atoms with Crippen LogP contribution in [0.5, 0.6) is 0 Å². The predicted octanol–water partition coefficient (Wildman–Crippen LogP) is 3.33. The van der Waals surface area contributed by atoms with Crippen LogP contribution in [0.1, 0.15) is 0 Å². The smallest absolute Gasteiger partial charge is 0.157 e. The average Bonchev–Trinajstić information content (AvgIpc) is 2.15. The summed E-state index contributed by atoms with van der Waals surface area (Å²) < 4.78 is 0. The van der Waals surface area contributed by atoms with Crippen LogP contribution in [-0.2, 0) is 0 Å². The molecule has 0 bridgehead atoms. The van der Waals surface area contributed by atoms with Crippen LogP contribution in [0.15, 0.2) is 49.1 Å². The number of hydrogen-bond donors (Lipinski definition) is 0. The number of hydrogen-bond acceptors (Lipinski definition) is 0. The molecule has 0 N–H and O–H groups in total. The Morgan fingerprint density at radius 2 is 0.833 bits per heavy atom. The normalized spacial score (nSPS) is 11.8. The van der Waals surface area contributed by atoms with Crippen LogP contribution in [0, 0.1) is 0 Å². The van der Waals surface area contributed by atoms with E-state index in [2.05, 4.69) is 26.3 Å². The minimum atomic E-state index is -2.28. The van der Waals surface area contributed by atoms with Crippen molar-refractivity contribution < 1.29 is 0 Å². The van der Waals surface area contributed by atoms with Gasteiger partial charge in [-0.1, -0.05) is 22.8 Å². The van der Waals surface area contributed by atoms with E-state index in [1.807, 2.05) is 0 Å². The van der Waals surface area contributed by atoms with Crippen LogP contribution in [0.2, 0.25) is 0 Å². The van der Waals surface area contributed by atoms with E-state index in [9.17, 15) is 0 Å². The zero-order valence-electron chi connectivity index (χ0n) is 6.89. The van der Waals surface area contributed by atoms with Gasteiger partial charge >= 0.3 is 0 Å². The van der Waals surface area contributed by atoms with Gasteiger partial charge in [-0.2, -0.15) is 22.2 Å². The first-order valence-corrected chi connectivity index (χ1v) is 10.7. The maximum atomic E-state index is 6.31. The van der Waals surface area contributed by atoms with Crippen molar-refractivity contribution in [1.82, 2.24) is 0 Å². The maximum Gasteiger partial charge on any atom is 0.217 e. The highest BCUT2D eigenvalue weighted by Crippen LogP contribution is 2.30. The molecule has 0 saturated heterocycles. The van der Waals surface area contributed by atoms with Crippen LogP contribution < -0.4 is 0 Å². The summed E-state index contributed by atoms with van der Waals surface area (Å²) in [7, 11) is 0. The summed E-state index contributed by atoms with van der Waals surface area (Å²) in [6.45, 7) is 10.1. The fourth-order valence-electron chi connectivity index (χ4n) is 0.792. The molecule has 0 unspecified atom stereocenters. The Morgan fingerprint density at radius 1 is 0.667 bits per heavy atom. The molecule has 12 heavy (non-hydrogen) atoms. The summed E-state index contributed by atoms with van der Waals surface area (Å²) in [5, 5.41) is 0. The quantitative estimate of drug-likeness (QED) is 0.506. The van der Waals surface area contributed by atoms with Crippen LogP contribution >= 0.6 is 22.2 Å². The highest BCUT2D eigenvalue weighted by molar-refractivity contribution is 7.77. The van der Waals surface area contributed by atoms with Gasteiger partial charge in [0.05, 0.1) is 0 Å². The van der Waals surface area contributed by atoms with Gasteiger partial charge in [0, 0.05) is 0 Å². The molecule has 0 rings (SSSR count). The summed E-state index contributed by atoms with van der Waals surface area (Å²) in [6, 6.07) is 0. The van der Waals surface area contributed by atoms with Crippen molar-refractivity contribution >= 4 is 36.0 Å². The van der Waals surface area contributed by atoms with Crippen molar-refractivity contribution in [3.05, 3.63) is 49.1 Å². The van der Waals surface area contributed by atoms with Gasteiger partial charge in [-0.25, -0.2) is 0 Å². The third kappa shape index (κ3) is 1.83. The molecule has 0 aliphatic rings. The minimum absolute atomic E-state index is 1.71. The Hall–Kier alpha value is -0.0262. The Kier molecular flexibility index (Phi) is 4.27. The molecule has 0 heterocycles. The summed E-state index contributed by atoms with van der Waals surface area (Å²) >= 11 is 12.6. The maximum absolute atomic E-state index is 6.31. The second-order valence-electron chi connectivity index (χ2n) is 2.35. The fraction of sp³-hybridized carbons (Fsp3) is 0. The van der Waals surface area contributed by atoms with Crippen molar-refractivity contribution in [1.29, 1.82) is 0 Å². The Morgan fingerprint density at radius 3 is 0.917 bits per heavy atom. The molecule has 0 aromatic rings. The first-order valence-electron chi connectivity index (χ1n) is 3.42. The van der Waals surface area contributed by atoms with Gasteiger partial charge in [0.2, 0.25) is 13.8 Å². The second kappa shape index (κ2) is 4.28. The van der Waals surface area contributed by atoms with Gasteiger partial charge in [-0.3, -0.25) is 0 Å². The second-order valence-corrected chi connectivity index (χ2v) is 17.7. The first kappa shape index (κ1) is 12.0. The predicted molar refractivity (Wildman–Crippen MR) is 64.0 cm³/mol.